The molecule has 43 heavy (non-hydrogen) atoms. The normalized spacial score (nSPS) is 16.9. The average Bonchev–Trinajstić information content (AvgIpc) is 2.98. The zero-order valence-electron chi connectivity index (χ0n) is 25.9. The third kappa shape index (κ3) is 9.87. The number of nitrogens with one attached hydrogen (secondary N) is 5. The van der Waals surface area contributed by atoms with Crippen molar-refractivity contribution in [2.45, 2.75) is 95.3 Å². The lowest BCUT2D eigenvalue weighted by Gasteiger charge is -2.30. The molecular formula is C32H47N5O5S. The second-order valence-electron chi connectivity index (χ2n) is 11.7. The van der Waals surface area contributed by atoms with E-state index in [1.54, 1.807) is 38.2 Å². The number of rotatable bonds is 15. The zero-order chi connectivity index (χ0) is 31.6. The Balaban J connectivity index is 1.68. The van der Waals surface area contributed by atoms with Crippen LogP contribution in [0.1, 0.15) is 75.6 Å². The molecule has 0 saturated carbocycles. The molecule has 0 saturated heterocycles. The highest BCUT2D eigenvalue weighted by atomic mass is 32.2. The van der Waals surface area contributed by atoms with Crippen LogP contribution in [0, 0.1) is 12.8 Å². The monoisotopic (exact) mass is 613 g/mol. The van der Waals surface area contributed by atoms with Crippen molar-refractivity contribution >= 4 is 27.7 Å². The number of likely N-dealkylation sites (N-methyl/N-ethyl adjacent to an activating group) is 1. The molecule has 1 unspecified atom stereocenters. The molecule has 11 heteroatoms. The molecule has 0 radical (unpaired) electrons. The number of unbranched alkanes of at least 4 members (excludes halogenated alkanes) is 1. The molecule has 2 aromatic rings. The number of amides is 3. The van der Waals surface area contributed by atoms with Crippen LogP contribution in [-0.2, 0) is 30.8 Å². The Kier molecular flexibility index (Phi) is 12.7. The van der Waals surface area contributed by atoms with Gasteiger partial charge in [0.05, 0.1) is 17.0 Å². The van der Waals surface area contributed by atoms with Crippen LogP contribution in [-0.4, -0.2) is 57.9 Å². The molecule has 0 heterocycles. The number of hydrogen-bond donors (Lipinski definition) is 5. The van der Waals surface area contributed by atoms with Gasteiger partial charge in [-0.05, 0) is 88.6 Å². The molecule has 0 aliphatic heterocycles. The first kappa shape index (κ1) is 34.2. The van der Waals surface area contributed by atoms with Gasteiger partial charge in [0.1, 0.15) is 12.1 Å². The molecule has 2 aromatic carbocycles. The van der Waals surface area contributed by atoms with Crippen molar-refractivity contribution in [1.29, 1.82) is 0 Å². The van der Waals surface area contributed by atoms with Gasteiger partial charge in [0.2, 0.25) is 27.7 Å². The lowest BCUT2D eigenvalue weighted by atomic mass is 9.87. The van der Waals surface area contributed by atoms with Crippen molar-refractivity contribution in [2.24, 2.45) is 5.92 Å². The Morgan fingerprint density at radius 2 is 1.60 bits per heavy atom. The first-order chi connectivity index (χ1) is 20.4. The summed E-state index contributed by atoms with van der Waals surface area (Å²) < 4.78 is 27.9. The average molecular weight is 614 g/mol. The molecule has 10 nitrogen and oxygen atoms in total. The van der Waals surface area contributed by atoms with Crippen LogP contribution in [0.2, 0.25) is 0 Å². The molecule has 236 valence electrons. The number of sulfonamides is 1. The number of carbonyl (C=O) groups is 3. The lowest BCUT2D eigenvalue weighted by molar-refractivity contribution is -0.133. The summed E-state index contributed by atoms with van der Waals surface area (Å²) in [6.07, 6.45) is 3.99. The Bertz CT molecular complexity index is 1350. The molecule has 5 N–H and O–H groups in total. The maximum Gasteiger partial charge on any atom is 0.243 e. The Labute approximate surface area is 256 Å². The Hall–Kier alpha value is -3.28. The maximum absolute atomic E-state index is 13.6. The van der Waals surface area contributed by atoms with Crippen LogP contribution < -0.4 is 26.0 Å². The van der Waals surface area contributed by atoms with Crippen LogP contribution >= 0.6 is 0 Å². The molecular weight excluding hydrogens is 566 g/mol. The summed E-state index contributed by atoms with van der Waals surface area (Å²) in [4.78, 5) is 39.8. The van der Waals surface area contributed by atoms with Crippen LogP contribution in [0.25, 0.3) is 0 Å². The number of fused-ring (bicyclic) bond motifs is 1. The van der Waals surface area contributed by atoms with Crippen molar-refractivity contribution in [2.75, 3.05) is 13.6 Å². The van der Waals surface area contributed by atoms with Gasteiger partial charge < -0.3 is 21.3 Å². The molecule has 4 atom stereocenters. The van der Waals surface area contributed by atoms with E-state index >= 15 is 0 Å². The maximum atomic E-state index is 13.6. The van der Waals surface area contributed by atoms with E-state index in [-0.39, 0.29) is 35.2 Å². The van der Waals surface area contributed by atoms with E-state index in [1.165, 1.54) is 5.56 Å². The highest BCUT2D eigenvalue weighted by Crippen LogP contribution is 2.29. The molecule has 0 fully saturated rings. The molecule has 0 aromatic heterocycles. The van der Waals surface area contributed by atoms with Crippen molar-refractivity contribution in [3.63, 3.8) is 0 Å². The highest BCUT2D eigenvalue weighted by molar-refractivity contribution is 7.89. The second-order valence-corrected chi connectivity index (χ2v) is 13.4. The van der Waals surface area contributed by atoms with Crippen molar-refractivity contribution < 1.29 is 22.8 Å². The van der Waals surface area contributed by atoms with Gasteiger partial charge in [0, 0.05) is 6.54 Å². The van der Waals surface area contributed by atoms with Gasteiger partial charge in [0.25, 0.3) is 0 Å². The fourth-order valence-electron chi connectivity index (χ4n) is 5.13. The number of aryl methyl sites for hydroxylation is 2. The third-order valence-electron chi connectivity index (χ3n) is 7.94. The van der Waals surface area contributed by atoms with Gasteiger partial charge in [-0.1, -0.05) is 55.8 Å². The van der Waals surface area contributed by atoms with Crippen LogP contribution in [0.3, 0.4) is 0 Å². The summed E-state index contributed by atoms with van der Waals surface area (Å²) in [6, 6.07) is 12.4. The van der Waals surface area contributed by atoms with Gasteiger partial charge in [-0.2, -0.15) is 0 Å². The standard InChI is InChI=1S/C32H47N5O5S/c1-21(2)29(37-30(38)23(4)33-5)32(40)36-28(31(39)35-27-15-10-12-24-11-6-7-13-26(24)27)14-8-9-20-34-43(41,42)25-18-16-22(3)17-19-25/h6-7,11,13,16-19,21,23,27-29,33-34H,8-10,12,14-15,20H2,1-5H3,(H,35,39)(H,36,40)(H,37,38)/t23-,27?,28-,29-/m0/s1. The van der Waals surface area contributed by atoms with E-state index < -0.39 is 34.1 Å². The largest absolute Gasteiger partial charge is 0.348 e. The van der Waals surface area contributed by atoms with Crippen molar-refractivity contribution in [3.8, 4) is 0 Å². The second kappa shape index (κ2) is 16.0. The number of benzene rings is 2. The summed E-state index contributed by atoms with van der Waals surface area (Å²) >= 11 is 0. The van der Waals surface area contributed by atoms with E-state index in [0.717, 1.165) is 30.4 Å². The smallest absolute Gasteiger partial charge is 0.243 e. The van der Waals surface area contributed by atoms with E-state index in [2.05, 4.69) is 32.1 Å². The Morgan fingerprint density at radius 3 is 2.28 bits per heavy atom. The van der Waals surface area contributed by atoms with Gasteiger partial charge in [-0.25, -0.2) is 13.1 Å². The van der Waals surface area contributed by atoms with E-state index in [4.69, 9.17) is 0 Å². The zero-order valence-corrected chi connectivity index (χ0v) is 26.7. The summed E-state index contributed by atoms with van der Waals surface area (Å²) in [5.74, 6) is -1.25. The SMILES string of the molecule is CN[C@@H](C)C(=O)N[C@H](C(=O)N[C@@H](CCCCNS(=O)(=O)c1ccc(C)cc1)C(=O)NC1CCCc2ccccc21)C(C)C. The molecule has 0 bridgehead atoms. The molecule has 3 rings (SSSR count). The van der Waals surface area contributed by atoms with Crippen LogP contribution in [0.5, 0.6) is 0 Å². The molecule has 1 aliphatic carbocycles. The van der Waals surface area contributed by atoms with Crippen molar-refractivity contribution in [3.05, 3.63) is 65.2 Å². The van der Waals surface area contributed by atoms with Gasteiger partial charge in [-0.3, -0.25) is 14.4 Å². The molecule has 3 amide bonds. The van der Waals surface area contributed by atoms with E-state index in [0.29, 0.717) is 19.3 Å². The molecule has 0 spiro atoms. The summed E-state index contributed by atoms with van der Waals surface area (Å²) in [7, 11) is -1.98. The number of hydrogen-bond acceptors (Lipinski definition) is 6. The minimum Gasteiger partial charge on any atom is -0.348 e. The third-order valence-corrected chi connectivity index (χ3v) is 9.41. The van der Waals surface area contributed by atoms with Gasteiger partial charge in [0.15, 0.2) is 0 Å². The topological polar surface area (TPSA) is 146 Å². The van der Waals surface area contributed by atoms with Crippen molar-refractivity contribution in [1.82, 2.24) is 26.0 Å². The minimum absolute atomic E-state index is 0.157. The fraction of sp³-hybridized carbons (Fsp3) is 0.531. The minimum atomic E-state index is -3.65. The van der Waals surface area contributed by atoms with E-state index in [9.17, 15) is 22.8 Å². The summed E-state index contributed by atoms with van der Waals surface area (Å²) in [5, 5.41) is 11.7. The van der Waals surface area contributed by atoms with Crippen LogP contribution in [0.15, 0.2) is 53.4 Å². The van der Waals surface area contributed by atoms with Gasteiger partial charge in [-0.15, -0.1) is 0 Å². The first-order valence-electron chi connectivity index (χ1n) is 15.2. The fourth-order valence-corrected chi connectivity index (χ4v) is 6.21. The predicted molar refractivity (Wildman–Crippen MR) is 168 cm³/mol. The summed E-state index contributed by atoms with van der Waals surface area (Å²) in [6.45, 7) is 7.46. The molecule has 1 aliphatic rings. The van der Waals surface area contributed by atoms with Gasteiger partial charge >= 0.3 is 0 Å². The highest BCUT2D eigenvalue weighted by Gasteiger charge is 2.31. The lowest BCUT2D eigenvalue weighted by Crippen LogP contribution is -2.57. The first-order valence-corrected chi connectivity index (χ1v) is 16.6. The Morgan fingerprint density at radius 1 is 0.907 bits per heavy atom. The predicted octanol–water partition coefficient (Wildman–Crippen LogP) is 2.87. The number of carbonyl (C=O) groups excluding carboxylic acids is 3. The summed E-state index contributed by atoms with van der Waals surface area (Å²) in [5.41, 5.74) is 3.27. The van der Waals surface area contributed by atoms with Crippen LogP contribution in [0.4, 0.5) is 0 Å². The quantitative estimate of drug-likeness (QED) is 0.195. The van der Waals surface area contributed by atoms with E-state index in [1.807, 2.05) is 39.0 Å².